The number of benzene rings is 2. The summed E-state index contributed by atoms with van der Waals surface area (Å²) >= 11 is 0. The molecule has 0 bridgehead atoms. The Morgan fingerprint density at radius 2 is 1.88 bits per heavy atom. The molecule has 0 spiro atoms. The lowest BCUT2D eigenvalue weighted by molar-refractivity contribution is -0.116. The molecule has 0 heterocycles. The molecular formula is C21H25NO3. The maximum Gasteiger partial charge on any atom is 0.244 e. The van der Waals surface area contributed by atoms with Crippen LogP contribution in [0.3, 0.4) is 0 Å². The fourth-order valence-electron chi connectivity index (χ4n) is 2.34. The van der Waals surface area contributed by atoms with Gasteiger partial charge in [0.2, 0.25) is 5.91 Å². The van der Waals surface area contributed by atoms with Gasteiger partial charge in [-0.1, -0.05) is 36.4 Å². The minimum absolute atomic E-state index is 0.0747. The highest BCUT2D eigenvalue weighted by atomic mass is 16.5. The summed E-state index contributed by atoms with van der Waals surface area (Å²) in [7, 11) is 1.60. The van der Waals surface area contributed by atoms with E-state index in [1.165, 1.54) is 11.6 Å². The number of carbonyl (C=O) groups excluding carboxylic acids is 1. The number of carbonyl (C=O) groups is 1. The van der Waals surface area contributed by atoms with Gasteiger partial charge in [-0.25, -0.2) is 0 Å². The Morgan fingerprint density at radius 1 is 1.12 bits per heavy atom. The Labute approximate surface area is 149 Å². The van der Waals surface area contributed by atoms with Crippen LogP contribution in [0.5, 0.6) is 11.5 Å². The van der Waals surface area contributed by atoms with Gasteiger partial charge in [0.15, 0.2) is 11.5 Å². The predicted molar refractivity (Wildman–Crippen MR) is 101 cm³/mol. The Balaban J connectivity index is 1.88. The summed E-state index contributed by atoms with van der Waals surface area (Å²) in [4.78, 5) is 11.9. The largest absolute Gasteiger partial charge is 0.493 e. The van der Waals surface area contributed by atoms with Crippen LogP contribution in [0.2, 0.25) is 0 Å². The second kappa shape index (κ2) is 9.52. The van der Waals surface area contributed by atoms with Gasteiger partial charge in [0.25, 0.3) is 0 Å². The number of nitrogens with one attached hydrogen (secondary N) is 1. The van der Waals surface area contributed by atoms with Gasteiger partial charge < -0.3 is 14.8 Å². The first-order chi connectivity index (χ1) is 12.1. The van der Waals surface area contributed by atoms with E-state index in [2.05, 4.69) is 17.4 Å². The summed E-state index contributed by atoms with van der Waals surface area (Å²) in [6.07, 6.45) is 4.18. The lowest BCUT2D eigenvalue weighted by Gasteiger charge is -2.13. The number of hydrogen-bond acceptors (Lipinski definition) is 3. The number of ether oxygens (including phenoxy) is 2. The number of hydrogen-bond donors (Lipinski definition) is 1. The van der Waals surface area contributed by atoms with Gasteiger partial charge in [-0.05, 0) is 49.6 Å². The molecular weight excluding hydrogens is 314 g/mol. The highest BCUT2D eigenvalue weighted by Gasteiger charge is 2.06. The van der Waals surface area contributed by atoms with Crippen LogP contribution in [-0.2, 0) is 11.2 Å². The predicted octanol–water partition coefficient (Wildman–Crippen LogP) is 3.85. The molecule has 2 aromatic rings. The zero-order valence-electron chi connectivity index (χ0n) is 15.0. The molecule has 4 nitrogen and oxygen atoms in total. The number of amides is 1. The third-order valence-electron chi connectivity index (χ3n) is 3.53. The second-order valence-electron chi connectivity index (χ2n) is 5.94. The molecule has 0 aliphatic rings. The van der Waals surface area contributed by atoms with E-state index in [0.717, 1.165) is 12.0 Å². The van der Waals surface area contributed by atoms with Crippen molar-refractivity contribution >= 4 is 12.0 Å². The fourth-order valence-corrected chi connectivity index (χ4v) is 2.34. The Morgan fingerprint density at radius 3 is 2.56 bits per heavy atom. The third kappa shape index (κ3) is 6.34. The van der Waals surface area contributed by atoms with Crippen molar-refractivity contribution in [3.63, 3.8) is 0 Å². The van der Waals surface area contributed by atoms with E-state index >= 15 is 0 Å². The number of rotatable bonds is 8. The Kier molecular flexibility index (Phi) is 7.08. The van der Waals surface area contributed by atoms with Crippen molar-refractivity contribution < 1.29 is 14.3 Å². The quantitative estimate of drug-likeness (QED) is 0.743. The Hall–Kier alpha value is -2.75. The minimum atomic E-state index is -0.114. The fraction of sp³-hybridized carbons (Fsp3) is 0.286. The lowest BCUT2D eigenvalue weighted by Crippen LogP contribution is -2.23. The van der Waals surface area contributed by atoms with Crippen LogP contribution in [0.1, 0.15) is 25.0 Å². The van der Waals surface area contributed by atoms with Crippen molar-refractivity contribution in [2.24, 2.45) is 0 Å². The zero-order chi connectivity index (χ0) is 18.1. The van der Waals surface area contributed by atoms with Crippen molar-refractivity contribution in [3.05, 3.63) is 65.7 Å². The van der Waals surface area contributed by atoms with E-state index in [4.69, 9.17) is 9.47 Å². The molecule has 0 saturated heterocycles. The summed E-state index contributed by atoms with van der Waals surface area (Å²) in [6, 6.07) is 15.7. The maximum atomic E-state index is 11.9. The average Bonchev–Trinajstić information content (AvgIpc) is 2.61. The molecule has 1 amide bonds. The second-order valence-corrected chi connectivity index (χ2v) is 5.94. The van der Waals surface area contributed by atoms with E-state index in [9.17, 15) is 4.79 Å². The monoisotopic (exact) mass is 339 g/mol. The molecule has 4 heteroatoms. The van der Waals surface area contributed by atoms with Crippen molar-refractivity contribution in [3.8, 4) is 11.5 Å². The van der Waals surface area contributed by atoms with Gasteiger partial charge in [0.05, 0.1) is 13.2 Å². The summed E-state index contributed by atoms with van der Waals surface area (Å²) in [5.41, 5.74) is 2.09. The average molecular weight is 339 g/mol. The molecule has 0 aliphatic heterocycles. The van der Waals surface area contributed by atoms with Crippen LogP contribution in [-0.4, -0.2) is 25.7 Å². The van der Waals surface area contributed by atoms with Gasteiger partial charge in [0.1, 0.15) is 0 Å². The van der Waals surface area contributed by atoms with E-state index < -0.39 is 0 Å². The first-order valence-corrected chi connectivity index (χ1v) is 8.43. The van der Waals surface area contributed by atoms with Crippen LogP contribution < -0.4 is 14.8 Å². The van der Waals surface area contributed by atoms with Crippen molar-refractivity contribution in [1.82, 2.24) is 5.32 Å². The molecule has 0 fully saturated rings. The van der Waals surface area contributed by atoms with E-state index in [1.807, 2.05) is 50.2 Å². The van der Waals surface area contributed by atoms with Crippen LogP contribution in [0.15, 0.2) is 54.6 Å². The van der Waals surface area contributed by atoms with Crippen molar-refractivity contribution in [2.75, 3.05) is 13.7 Å². The van der Waals surface area contributed by atoms with Crippen LogP contribution >= 0.6 is 0 Å². The van der Waals surface area contributed by atoms with E-state index in [1.54, 1.807) is 13.2 Å². The smallest absolute Gasteiger partial charge is 0.244 e. The van der Waals surface area contributed by atoms with Crippen LogP contribution in [0.4, 0.5) is 0 Å². The highest BCUT2D eigenvalue weighted by Crippen LogP contribution is 2.29. The first-order valence-electron chi connectivity index (χ1n) is 8.43. The lowest BCUT2D eigenvalue weighted by atomic mass is 10.1. The molecule has 1 N–H and O–H groups in total. The molecule has 132 valence electrons. The van der Waals surface area contributed by atoms with Gasteiger partial charge >= 0.3 is 0 Å². The number of methoxy groups -OCH3 is 1. The molecule has 0 aliphatic carbocycles. The van der Waals surface area contributed by atoms with Crippen molar-refractivity contribution in [2.45, 2.75) is 26.4 Å². The van der Waals surface area contributed by atoms with Gasteiger partial charge in [-0.3, -0.25) is 4.79 Å². The van der Waals surface area contributed by atoms with Crippen LogP contribution in [0.25, 0.3) is 6.08 Å². The van der Waals surface area contributed by atoms with Gasteiger partial charge in [0, 0.05) is 12.6 Å². The SMILES string of the molecule is COc1cc(/C=C/C(=O)NCCc2ccccc2)ccc1OC(C)C. The molecule has 0 atom stereocenters. The molecule has 0 unspecified atom stereocenters. The minimum Gasteiger partial charge on any atom is -0.493 e. The van der Waals surface area contributed by atoms with Crippen molar-refractivity contribution in [1.29, 1.82) is 0 Å². The summed E-state index contributed by atoms with van der Waals surface area (Å²) in [6.45, 7) is 4.54. The topological polar surface area (TPSA) is 47.6 Å². The first kappa shape index (κ1) is 18.6. The van der Waals surface area contributed by atoms with Gasteiger partial charge in [-0.15, -0.1) is 0 Å². The summed E-state index contributed by atoms with van der Waals surface area (Å²) < 4.78 is 11.0. The zero-order valence-corrected chi connectivity index (χ0v) is 15.0. The summed E-state index contributed by atoms with van der Waals surface area (Å²) in [5, 5.41) is 2.89. The highest BCUT2D eigenvalue weighted by molar-refractivity contribution is 5.91. The van der Waals surface area contributed by atoms with E-state index in [-0.39, 0.29) is 12.0 Å². The normalized spacial score (nSPS) is 10.9. The molecule has 0 radical (unpaired) electrons. The molecule has 0 aromatic heterocycles. The maximum absolute atomic E-state index is 11.9. The molecule has 0 saturated carbocycles. The third-order valence-corrected chi connectivity index (χ3v) is 3.53. The van der Waals surface area contributed by atoms with Gasteiger partial charge in [-0.2, -0.15) is 0 Å². The Bertz CT molecular complexity index is 708. The molecule has 2 rings (SSSR count). The standard InChI is InChI=1S/C21H25NO3/c1-16(2)25-19-11-9-18(15-20(19)24-3)10-12-21(23)22-14-13-17-7-5-4-6-8-17/h4-12,15-16H,13-14H2,1-3H3,(H,22,23)/b12-10+. The van der Waals surface area contributed by atoms with Crippen LogP contribution in [0, 0.1) is 0 Å². The molecule has 2 aromatic carbocycles. The molecule has 25 heavy (non-hydrogen) atoms. The summed E-state index contributed by atoms with van der Waals surface area (Å²) in [5.74, 6) is 1.24. The van der Waals surface area contributed by atoms with E-state index in [0.29, 0.717) is 18.0 Å².